The smallest absolute Gasteiger partial charge is 0.246 e. The van der Waals surface area contributed by atoms with Crippen LogP contribution >= 0.6 is 11.3 Å². The van der Waals surface area contributed by atoms with Crippen molar-refractivity contribution in [1.82, 2.24) is 14.5 Å². The Hall–Kier alpha value is -3.11. The van der Waals surface area contributed by atoms with E-state index in [0.717, 1.165) is 11.8 Å². The maximum atomic E-state index is 13.1. The van der Waals surface area contributed by atoms with Gasteiger partial charge in [-0.15, -0.1) is 11.3 Å². The lowest BCUT2D eigenvalue weighted by molar-refractivity contribution is -0.116. The second-order valence-electron chi connectivity index (χ2n) is 6.33. The zero-order valence-corrected chi connectivity index (χ0v) is 16.8. The molecular weight excluding hydrogens is 415 g/mol. The quantitative estimate of drug-likeness (QED) is 0.524. The van der Waals surface area contributed by atoms with Gasteiger partial charge in [0.05, 0.1) is 16.7 Å². The first kappa shape index (κ1) is 19.2. The van der Waals surface area contributed by atoms with Gasteiger partial charge in [0, 0.05) is 17.2 Å². The highest BCUT2D eigenvalue weighted by molar-refractivity contribution is 7.90. The van der Waals surface area contributed by atoms with E-state index in [2.05, 4.69) is 15.3 Å². The molecule has 0 fully saturated rings. The number of nitrogens with zero attached hydrogens (tertiary/aromatic N) is 3. The van der Waals surface area contributed by atoms with Gasteiger partial charge in [0.25, 0.3) is 0 Å². The van der Waals surface area contributed by atoms with Crippen molar-refractivity contribution in [2.24, 2.45) is 0 Å². The first-order valence-electron chi connectivity index (χ1n) is 8.48. The number of nitrogens with one attached hydrogen (secondary N) is 1. The fraction of sp³-hybridized carbons (Fsp3) is 0.105. The van der Waals surface area contributed by atoms with E-state index in [1.54, 1.807) is 41.8 Å². The van der Waals surface area contributed by atoms with E-state index in [4.69, 9.17) is 0 Å². The molecule has 0 spiro atoms. The summed E-state index contributed by atoms with van der Waals surface area (Å²) in [7, 11) is -3.62. The number of amides is 1. The number of para-hydroxylation sites is 2. The predicted molar refractivity (Wildman–Crippen MR) is 109 cm³/mol. The lowest BCUT2D eigenvalue weighted by Gasteiger charge is -2.07. The van der Waals surface area contributed by atoms with E-state index in [9.17, 15) is 17.6 Å². The first-order valence-corrected chi connectivity index (χ1v) is 11.2. The van der Waals surface area contributed by atoms with Crippen molar-refractivity contribution in [1.29, 1.82) is 0 Å². The van der Waals surface area contributed by atoms with Crippen LogP contribution in [0.1, 0.15) is 0 Å². The second-order valence-corrected chi connectivity index (χ2v) is 9.10. The monoisotopic (exact) mass is 430 g/mol. The molecule has 10 heteroatoms. The number of rotatable bonds is 5. The van der Waals surface area contributed by atoms with Crippen LogP contribution in [0.3, 0.4) is 0 Å². The lowest BCUT2D eigenvalue weighted by Crippen LogP contribution is -2.21. The van der Waals surface area contributed by atoms with Crippen LogP contribution in [0.5, 0.6) is 0 Å². The number of aromatic nitrogens is 3. The molecule has 1 amide bonds. The van der Waals surface area contributed by atoms with E-state index >= 15 is 0 Å². The largest absolute Gasteiger partial charge is 0.305 e. The molecule has 0 unspecified atom stereocenters. The molecule has 0 radical (unpaired) electrons. The SMILES string of the molecule is CS(=O)(=O)c1nc2ccccc2n1CC(=O)Nc1nc(-c2ccc(F)cc2)cs1. The van der Waals surface area contributed by atoms with Crippen molar-refractivity contribution in [2.45, 2.75) is 11.7 Å². The van der Waals surface area contributed by atoms with Gasteiger partial charge in [-0.25, -0.2) is 22.8 Å². The minimum Gasteiger partial charge on any atom is -0.305 e. The molecule has 4 aromatic rings. The summed E-state index contributed by atoms with van der Waals surface area (Å²) in [6.45, 7) is -0.228. The Balaban J connectivity index is 1.57. The summed E-state index contributed by atoms with van der Waals surface area (Å²) < 4.78 is 38.6. The zero-order valence-electron chi connectivity index (χ0n) is 15.2. The minimum absolute atomic E-state index is 0.167. The Morgan fingerprint density at radius 3 is 2.59 bits per heavy atom. The predicted octanol–water partition coefficient (Wildman–Crippen LogP) is 3.34. The van der Waals surface area contributed by atoms with E-state index in [1.807, 2.05) is 0 Å². The molecule has 0 aliphatic heterocycles. The molecule has 0 atom stereocenters. The molecule has 0 saturated carbocycles. The summed E-state index contributed by atoms with van der Waals surface area (Å²) in [5.41, 5.74) is 2.38. The molecule has 0 bridgehead atoms. The summed E-state index contributed by atoms with van der Waals surface area (Å²) in [5, 5.41) is 4.62. The normalized spacial score (nSPS) is 11.7. The molecule has 0 aliphatic carbocycles. The van der Waals surface area contributed by atoms with Gasteiger partial charge in [0.2, 0.25) is 20.9 Å². The number of anilines is 1. The van der Waals surface area contributed by atoms with Crippen LogP contribution in [0.4, 0.5) is 9.52 Å². The van der Waals surface area contributed by atoms with E-state index in [-0.39, 0.29) is 17.5 Å². The standard InChI is InChI=1S/C19H15FN4O3S2/c1-29(26,27)19-22-14-4-2-3-5-16(14)24(19)10-17(25)23-18-21-15(11-28-18)12-6-8-13(20)9-7-12/h2-9,11H,10H2,1H3,(H,21,23,25). The second kappa shape index (κ2) is 7.37. The number of fused-ring (bicyclic) bond motifs is 1. The van der Waals surface area contributed by atoms with Crippen molar-refractivity contribution in [2.75, 3.05) is 11.6 Å². The minimum atomic E-state index is -3.62. The molecule has 4 rings (SSSR count). The number of sulfone groups is 1. The van der Waals surface area contributed by atoms with Crippen molar-refractivity contribution < 1.29 is 17.6 Å². The van der Waals surface area contributed by atoms with E-state index in [0.29, 0.717) is 21.9 Å². The van der Waals surface area contributed by atoms with E-state index in [1.165, 1.54) is 28.0 Å². The number of hydrogen-bond donors (Lipinski definition) is 1. The summed E-state index contributed by atoms with van der Waals surface area (Å²) in [4.78, 5) is 21.0. The molecule has 1 N–H and O–H groups in total. The third kappa shape index (κ3) is 4.03. The molecule has 2 heterocycles. The van der Waals surface area contributed by atoms with Crippen LogP contribution < -0.4 is 5.32 Å². The van der Waals surface area contributed by atoms with Gasteiger partial charge >= 0.3 is 0 Å². The number of carbonyl (C=O) groups excluding carboxylic acids is 1. The number of benzene rings is 2. The number of carbonyl (C=O) groups is 1. The van der Waals surface area contributed by atoms with Crippen LogP contribution in [-0.4, -0.2) is 35.1 Å². The van der Waals surface area contributed by atoms with Gasteiger partial charge < -0.3 is 9.88 Å². The fourth-order valence-corrected chi connectivity index (χ4v) is 4.44. The summed E-state index contributed by atoms with van der Waals surface area (Å²) in [6, 6.07) is 12.8. The van der Waals surface area contributed by atoms with Crippen LogP contribution in [0.25, 0.3) is 22.3 Å². The third-order valence-electron chi connectivity index (χ3n) is 4.14. The lowest BCUT2D eigenvalue weighted by atomic mass is 10.2. The average Bonchev–Trinajstić information content (AvgIpc) is 3.27. The van der Waals surface area contributed by atoms with Crippen LogP contribution in [0.2, 0.25) is 0 Å². The zero-order chi connectivity index (χ0) is 20.6. The molecule has 148 valence electrons. The maximum Gasteiger partial charge on any atom is 0.246 e. The highest BCUT2D eigenvalue weighted by Crippen LogP contribution is 2.25. The van der Waals surface area contributed by atoms with Crippen molar-refractivity contribution in [3.05, 3.63) is 59.7 Å². The Morgan fingerprint density at radius 2 is 1.86 bits per heavy atom. The Bertz CT molecular complexity index is 1310. The summed E-state index contributed by atoms with van der Waals surface area (Å²) >= 11 is 1.22. The molecule has 2 aromatic heterocycles. The van der Waals surface area contributed by atoms with E-state index < -0.39 is 15.7 Å². The summed E-state index contributed by atoms with van der Waals surface area (Å²) in [5.74, 6) is -0.773. The van der Waals surface area contributed by atoms with Gasteiger partial charge in [-0.05, 0) is 36.4 Å². The van der Waals surface area contributed by atoms with Crippen LogP contribution in [-0.2, 0) is 21.2 Å². The maximum absolute atomic E-state index is 13.1. The van der Waals surface area contributed by atoms with Crippen LogP contribution in [0.15, 0.2) is 59.1 Å². The van der Waals surface area contributed by atoms with Crippen molar-refractivity contribution in [3.8, 4) is 11.3 Å². The molecule has 29 heavy (non-hydrogen) atoms. The Kier molecular flexibility index (Phi) is 4.89. The average molecular weight is 430 g/mol. The van der Waals surface area contributed by atoms with Gasteiger partial charge in [-0.1, -0.05) is 12.1 Å². The third-order valence-corrected chi connectivity index (χ3v) is 5.88. The topological polar surface area (TPSA) is 94.0 Å². The fourth-order valence-electron chi connectivity index (χ4n) is 2.88. The Morgan fingerprint density at radius 1 is 1.14 bits per heavy atom. The van der Waals surface area contributed by atoms with Gasteiger partial charge in [-0.2, -0.15) is 0 Å². The molecular formula is C19H15FN4O3S2. The highest BCUT2D eigenvalue weighted by atomic mass is 32.2. The van der Waals surface area contributed by atoms with Crippen molar-refractivity contribution >= 4 is 43.2 Å². The number of halogens is 1. The summed E-state index contributed by atoms with van der Waals surface area (Å²) in [6.07, 6.45) is 1.05. The highest BCUT2D eigenvalue weighted by Gasteiger charge is 2.21. The Labute approximate surface area is 169 Å². The molecule has 2 aromatic carbocycles. The van der Waals surface area contributed by atoms with Gasteiger partial charge in [0.15, 0.2) is 5.13 Å². The van der Waals surface area contributed by atoms with Gasteiger partial charge in [-0.3, -0.25) is 4.79 Å². The number of hydrogen-bond acceptors (Lipinski definition) is 6. The molecule has 0 aliphatic rings. The first-order chi connectivity index (χ1) is 13.8. The van der Waals surface area contributed by atoms with Crippen LogP contribution in [0, 0.1) is 5.82 Å². The number of imidazole rings is 1. The number of thiazole rings is 1. The molecule has 7 nitrogen and oxygen atoms in total. The van der Waals surface area contributed by atoms with Crippen molar-refractivity contribution in [3.63, 3.8) is 0 Å². The van der Waals surface area contributed by atoms with Gasteiger partial charge in [0.1, 0.15) is 12.4 Å². The molecule has 0 saturated heterocycles.